The van der Waals surface area contributed by atoms with Crippen LogP contribution < -0.4 is 0 Å². The Morgan fingerprint density at radius 3 is 2.93 bits per heavy atom. The lowest BCUT2D eigenvalue weighted by Crippen LogP contribution is -2.00. The van der Waals surface area contributed by atoms with Gasteiger partial charge in [0.05, 0.1) is 6.10 Å². The van der Waals surface area contributed by atoms with E-state index in [1.54, 1.807) is 6.08 Å². The van der Waals surface area contributed by atoms with Gasteiger partial charge in [-0.2, -0.15) is 0 Å². The molecule has 0 aromatic carbocycles. The van der Waals surface area contributed by atoms with Gasteiger partial charge >= 0.3 is 0 Å². The predicted molar refractivity (Wildman–Crippen MR) is 55.6 cm³/mol. The highest BCUT2D eigenvalue weighted by Gasteiger charge is 2.20. The van der Waals surface area contributed by atoms with Crippen LogP contribution in [0.15, 0.2) is 11.6 Å². The molecule has 1 atom stereocenters. The highest BCUT2D eigenvalue weighted by atomic mass is 16.3. The van der Waals surface area contributed by atoms with Crippen molar-refractivity contribution in [2.24, 2.45) is 0 Å². The molecule has 1 unspecified atom stereocenters. The lowest BCUT2D eigenvalue weighted by molar-refractivity contribution is -0.115. The fourth-order valence-corrected chi connectivity index (χ4v) is 1.37. The summed E-state index contributed by atoms with van der Waals surface area (Å²) >= 11 is 0. The summed E-state index contributed by atoms with van der Waals surface area (Å²) in [5, 5.41) is 9.17. The fourth-order valence-electron chi connectivity index (χ4n) is 1.37. The van der Waals surface area contributed by atoms with E-state index < -0.39 is 6.10 Å². The van der Waals surface area contributed by atoms with E-state index >= 15 is 0 Å². The van der Waals surface area contributed by atoms with Crippen LogP contribution >= 0.6 is 0 Å². The standard InChI is InChI=1S/C12H16O2/c1-2-3-4-5-6-7-10-8-11(13)9-12(10)14/h8,11,13H,2-4,7,9H2,1H3. The monoisotopic (exact) mass is 192 g/mol. The van der Waals surface area contributed by atoms with Gasteiger partial charge in [-0.05, 0) is 12.5 Å². The number of unbranched alkanes of at least 4 members (excludes halogenated alkanes) is 2. The maximum atomic E-state index is 11.2. The lowest BCUT2D eigenvalue weighted by Gasteiger charge is -1.90. The second-order valence-electron chi connectivity index (χ2n) is 3.52. The van der Waals surface area contributed by atoms with Crippen LogP contribution in [0.1, 0.15) is 39.0 Å². The van der Waals surface area contributed by atoms with Crippen molar-refractivity contribution in [1.82, 2.24) is 0 Å². The molecule has 1 aliphatic rings. The van der Waals surface area contributed by atoms with Gasteiger partial charge in [0.25, 0.3) is 0 Å². The van der Waals surface area contributed by atoms with Gasteiger partial charge in [-0.25, -0.2) is 0 Å². The number of aliphatic hydroxyl groups excluding tert-OH is 1. The van der Waals surface area contributed by atoms with Crippen molar-refractivity contribution in [3.63, 3.8) is 0 Å². The van der Waals surface area contributed by atoms with Gasteiger partial charge in [0, 0.05) is 24.8 Å². The van der Waals surface area contributed by atoms with Crippen LogP contribution in [0.2, 0.25) is 0 Å². The first kappa shape index (κ1) is 11.0. The highest BCUT2D eigenvalue weighted by molar-refractivity contribution is 5.98. The summed E-state index contributed by atoms with van der Waals surface area (Å²) in [7, 11) is 0. The third-order valence-corrected chi connectivity index (χ3v) is 2.21. The Morgan fingerprint density at radius 2 is 2.36 bits per heavy atom. The first-order valence-corrected chi connectivity index (χ1v) is 5.11. The zero-order chi connectivity index (χ0) is 10.4. The number of ketones is 1. The average Bonchev–Trinajstić information content (AvgIpc) is 2.45. The first-order valence-electron chi connectivity index (χ1n) is 5.11. The van der Waals surface area contributed by atoms with Crippen molar-refractivity contribution in [1.29, 1.82) is 0 Å². The summed E-state index contributed by atoms with van der Waals surface area (Å²) < 4.78 is 0. The number of carbonyl (C=O) groups is 1. The Morgan fingerprint density at radius 1 is 1.57 bits per heavy atom. The normalized spacial score (nSPS) is 20.3. The molecule has 0 bridgehead atoms. The topological polar surface area (TPSA) is 37.3 Å². The Labute approximate surface area is 85.0 Å². The van der Waals surface area contributed by atoms with E-state index in [4.69, 9.17) is 5.11 Å². The quantitative estimate of drug-likeness (QED) is 0.547. The zero-order valence-electron chi connectivity index (χ0n) is 8.55. The molecule has 0 aliphatic heterocycles. The summed E-state index contributed by atoms with van der Waals surface area (Å²) in [6, 6.07) is 0. The average molecular weight is 192 g/mol. The zero-order valence-corrected chi connectivity index (χ0v) is 8.55. The molecular formula is C12H16O2. The van der Waals surface area contributed by atoms with Crippen molar-refractivity contribution < 1.29 is 9.90 Å². The molecule has 0 aromatic rings. The number of aliphatic hydroxyl groups is 1. The minimum Gasteiger partial charge on any atom is -0.389 e. The third-order valence-electron chi connectivity index (χ3n) is 2.21. The van der Waals surface area contributed by atoms with Gasteiger partial charge in [-0.1, -0.05) is 19.3 Å². The number of carbonyl (C=O) groups excluding carboxylic acids is 1. The van der Waals surface area contributed by atoms with E-state index in [-0.39, 0.29) is 12.2 Å². The molecule has 0 amide bonds. The second-order valence-corrected chi connectivity index (χ2v) is 3.52. The number of hydrogen-bond acceptors (Lipinski definition) is 2. The number of hydrogen-bond donors (Lipinski definition) is 1. The molecule has 0 saturated carbocycles. The fraction of sp³-hybridized carbons (Fsp3) is 0.583. The molecule has 76 valence electrons. The van der Waals surface area contributed by atoms with Gasteiger partial charge < -0.3 is 5.11 Å². The Kier molecular flexibility index (Phi) is 4.42. The highest BCUT2D eigenvalue weighted by Crippen LogP contribution is 2.16. The van der Waals surface area contributed by atoms with Crippen LogP contribution in [0.3, 0.4) is 0 Å². The Bertz CT molecular complexity index is 291. The molecule has 0 radical (unpaired) electrons. The summed E-state index contributed by atoms with van der Waals surface area (Å²) in [5.41, 5.74) is 0.682. The second kappa shape index (κ2) is 5.62. The Hall–Kier alpha value is -1.07. The van der Waals surface area contributed by atoms with Gasteiger partial charge in [-0.3, -0.25) is 4.79 Å². The molecule has 0 spiro atoms. The molecular weight excluding hydrogens is 176 g/mol. The van der Waals surface area contributed by atoms with Gasteiger partial charge in [0.1, 0.15) is 0 Å². The van der Waals surface area contributed by atoms with Gasteiger partial charge in [0.2, 0.25) is 0 Å². The van der Waals surface area contributed by atoms with Crippen LogP contribution in [0.5, 0.6) is 0 Å². The number of rotatable bonds is 3. The molecule has 0 saturated heterocycles. The summed E-state index contributed by atoms with van der Waals surface area (Å²) in [6.07, 6.45) is 4.95. The van der Waals surface area contributed by atoms with Gasteiger partial charge in [0.15, 0.2) is 5.78 Å². The van der Waals surface area contributed by atoms with E-state index in [1.165, 1.54) is 0 Å². The van der Waals surface area contributed by atoms with Crippen molar-refractivity contribution >= 4 is 5.78 Å². The molecule has 2 heteroatoms. The SMILES string of the molecule is CCCCC#CCC1=CC(O)CC1=O. The van der Waals surface area contributed by atoms with E-state index in [1.807, 2.05) is 0 Å². The summed E-state index contributed by atoms with van der Waals surface area (Å²) in [5.74, 6) is 6.03. The molecule has 1 rings (SSSR count). The maximum absolute atomic E-state index is 11.2. The third kappa shape index (κ3) is 3.35. The lowest BCUT2D eigenvalue weighted by atomic mass is 10.1. The van der Waals surface area contributed by atoms with Crippen LogP contribution in [-0.4, -0.2) is 17.0 Å². The van der Waals surface area contributed by atoms with Crippen LogP contribution in [0, 0.1) is 11.8 Å². The van der Waals surface area contributed by atoms with Crippen molar-refractivity contribution in [3.8, 4) is 11.8 Å². The van der Waals surface area contributed by atoms with Crippen molar-refractivity contribution in [2.75, 3.05) is 0 Å². The smallest absolute Gasteiger partial charge is 0.162 e. The molecule has 1 N–H and O–H groups in total. The molecule has 1 aliphatic carbocycles. The van der Waals surface area contributed by atoms with E-state index in [0.29, 0.717) is 12.0 Å². The Balaban J connectivity index is 2.33. The van der Waals surface area contributed by atoms with Crippen molar-refractivity contribution in [3.05, 3.63) is 11.6 Å². The van der Waals surface area contributed by atoms with E-state index in [9.17, 15) is 4.79 Å². The molecule has 14 heavy (non-hydrogen) atoms. The minimum atomic E-state index is -0.574. The molecule has 0 aromatic heterocycles. The first-order chi connectivity index (χ1) is 6.74. The van der Waals surface area contributed by atoms with E-state index in [0.717, 1.165) is 19.3 Å². The van der Waals surface area contributed by atoms with Crippen LogP contribution in [0.4, 0.5) is 0 Å². The predicted octanol–water partition coefficient (Wildman–Crippen LogP) is 1.83. The maximum Gasteiger partial charge on any atom is 0.162 e. The summed E-state index contributed by atoms with van der Waals surface area (Å²) in [6.45, 7) is 2.13. The molecule has 0 fully saturated rings. The molecule has 2 nitrogen and oxygen atoms in total. The van der Waals surface area contributed by atoms with E-state index in [2.05, 4.69) is 18.8 Å². The van der Waals surface area contributed by atoms with Crippen LogP contribution in [0.25, 0.3) is 0 Å². The molecule has 0 heterocycles. The minimum absolute atomic E-state index is 0.0438. The number of Topliss-reactive ketones (excluding diaryl/α,β-unsaturated/α-hetero) is 1. The number of allylic oxidation sites excluding steroid dienone is 1. The van der Waals surface area contributed by atoms with Crippen LogP contribution in [-0.2, 0) is 4.79 Å². The van der Waals surface area contributed by atoms with Crippen molar-refractivity contribution in [2.45, 2.75) is 45.1 Å². The summed E-state index contributed by atoms with van der Waals surface area (Å²) in [4.78, 5) is 11.2. The largest absolute Gasteiger partial charge is 0.389 e. The van der Waals surface area contributed by atoms with Gasteiger partial charge in [-0.15, -0.1) is 5.92 Å².